The molecule has 3 rings (SSSR count). The Morgan fingerprint density at radius 1 is 1.12 bits per heavy atom. The van der Waals surface area contributed by atoms with Gasteiger partial charge in [0.15, 0.2) is 5.76 Å². The molecule has 0 spiro atoms. The van der Waals surface area contributed by atoms with Gasteiger partial charge in [-0.15, -0.1) is 0 Å². The van der Waals surface area contributed by atoms with Gasteiger partial charge in [0, 0.05) is 38.3 Å². The van der Waals surface area contributed by atoms with Gasteiger partial charge in [-0.05, 0) is 18.6 Å². The van der Waals surface area contributed by atoms with E-state index in [4.69, 9.17) is 10.3 Å². The molecular weight excluding hydrogens is 304 g/mol. The summed E-state index contributed by atoms with van der Waals surface area (Å²) in [5.41, 5.74) is 4.28. The van der Waals surface area contributed by atoms with Gasteiger partial charge in [0.25, 0.3) is 0 Å². The quantitative estimate of drug-likeness (QED) is 0.494. The highest BCUT2D eigenvalue weighted by Gasteiger charge is 2.20. The van der Waals surface area contributed by atoms with Crippen molar-refractivity contribution < 1.29 is 9.21 Å². The first kappa shape index (κ1) is 16.7. The van der Waals surface area contributed by atoms with Crippen LogP contribution in [-0.2, 0) is 13.1 Å². The maximum atomic E-state index is 11.6. The number of nitrogen functional groups attached to an aromatic ring is 1. The Bertz CT molecular complexity index is 676. The highest BCUT2D eigenvalue weighted by molar-refractivity contribution is 5.92. The lowest BCUT2D eigenvalue weighted by atomic mass is 10.2. The number of amides is 1. The Labute approximate surface area is 142 Å². The highest BCUT2D eigenvalue weighted by atomic mass is 16.4. The van der Waals surface area contributed by atoms with Gasteiger partial charge in [0.05, 0.1) is 6.54 Å². The average Bonchev–Trinajstić information content (AvgIpc) is 2.97. The Hall–Kier alpha value is -2.15. The summed E-state index contributed by atoms with van der Waals surface area (Å²) in [6.45, 7) is 7.62. The summed E-state index contributed by atoms with van der Waals surface area (Å²) >= 11 is 0. The normalized spacial score (nSPS) is 16.2. The highest BCUT2D eigenvalue weighted by Crippen LogP contribution is 2.17. The topological polar surface area (TPSA) is 74.7 Å². The number of benzene rings is 1. The van der Waals surface area contributed by atoms with Crippen molar-refractivity contribution >= 4 is 5.91 Å². The Morgan fingerprint density at radius 3 is 2.38 bits per heavy atom. The fourth-order valence-corrected chi connectivity index (χ4v) is 3.08. The molecule has 1 aliphatic heterocycles. The maximum absolute atomic E-state index is 11.6. The lowest BCUT2D eigenvalue weighted by Gasteiger charge is -2.34. The predicted molar refractivity (Wildman–Crippen MR) is 92.1 cm³/mol. The monoisotopic (exact) mass is 328 g/mol. The number of hydrazine groups is 1. The summed E-state index contributed by atoms with van der Waals surface area (Å²) < 4.78 is 5.65. The standard InChI is InChI=1S/C18H24N4O2/c1-14-11-16(24-17(14)18(23)20-19)13-22-9-7-21(8-10-22)12-15-5-3-2-4-6-15/h2-6,11H,7-10,12-13,19H2,1H3,(H,20,23). The second-order valence-electron chi connectivity index (χ2n) is 6.24. The van der Waals surface area contributed by atoms with Crippen molar-refractivity contribution in [2.24, 2.45) is 5.84 Å². The second kappa shape index (κ2) is 7.61. The summed E-state index contributed by atoms with van der Waals surface area (Å²) in [5, 5.41) is 0. The summed E-state index contributed by atoms with van der Waals surface area (Å²) in [6, 6.07) is 12.5. The van der Waals surface area contributed by atoms with E-state index in [1.54, 1.807) is 0 Å². The van der Waals surface area contributed by atoms with Crippen molar-refractivity contribution in [1.29, 1.82) is 0 Å². The molecule has 1 aliphatic rings. The first-order valence-corrected chi connectivity index (χ1v) is 8.24. The molecule has 6 nitrogen and oxygen atoms in total. The molecule has 1 amide bonds. The van der Waals surface area contributed by atoms with Crippen molar-refractivity contribution in [1.82, 2.24) is 15.2 Å². The fraction of sp³-hybridized carbons (Fsp3) is 0.389. The predicted octanol–water partition coefficient (Wildman–Crippen LogP) is 1.51. The molecule has 0 radical (unpaired) electrons. The van der Waals surface area contributed by atoms with Crippen molar-refractivity contribution in [3.63, 3.8) is 0 Å². The van der Waals surface area contributed by atoms with Crippen LogP contribution in [0, 0.1) is 6.92 Å². The molecule has 6 heteroatoms. The van der Waals surface area contributed by atoms with E-state index in [0.29, 0.717) is 5.76 Å². The van der Waals surface area contributed by atoms with E-state index >= 15 is 0 Å². The SMILES string of the molecule is Cc1cc(CN2CCN(Cc3ccccc3)CC2)oc1C(=O)NN. The molecule has 24 heavy (non-hydrogen) atoms. The number of nitrogens with one attached hydrogen (secondary N) is 1. The van der Waals surface area contributed by atoms with Crippen LogP contribution in [0.4, 0.5) is 0 Å². The minimum absolute atomic E-state index is 0.301. The lowest BCUT2D eigenvalue weighted by Crippen LogP contribution is -2.45. The van der Waals surface area contributed by atoms with E-state index in [2.05, 4.69) is 39.5 Å². The number of piperazine rings is 1. The number of aryl methyl sites for hydroxylation is 1. The van der Waals surface area contributed by atoms with Gasteiger partial charge in [-0.3, -0.25) is 20.0 Å². The molecule has 2 heterocycles. The Kier molecular flexibility index (Phi) is 5.30. The largest absolute Gasteiger partial charge is 0.454 e. The Balaban J connectivity index is 1.51. The molecular formula is C18H24N4O2. The van der Waals surface area contributed by atoms with E-state index in [-0.39, 0.29) is 5.91 Å². The molecule has 0 aliphatic carbocycles. The third-order valence-corrected chi connectivity index (χ3v) is 4.40. The zero-order chi connectivity index (χ0) is 16.9. The zero-order valence-corrected chi connectivity index (χ0v) is 14.0. The molecule has 0 unspecified atom stereocenters. The average molecular weight is 328 g/mol. The number of furan rings is 1. The molecule has 1 aromatic heterocycles. The van der Waals surface area contributed by atoms with E-state index < -0.39 is 0 Å². The fourth-order valence-electron chi connectivity index (χ4n) is 3.08. The summed E-state index contributed by atoms with van der Waals surface area (Å²) in [4.78, 5) is 16.4. The van der Waals surface area contributed by atoms with Gasteiger partial charge < -0.3 is 4.42 Å². The molecule has 0 atom stereocenters. The molecule has 1 saturated heterocycles. The molecule has 2 aromatic rings. The molecule has 1 aromatic carbocycles. The van der Waals surface area contributed by atoms with Crippen molar-refractivity contribution in [3.8, 4) is 0 Å². The van der Waals surface area contributed by atoms with E-state index in [1.165, 1.54) is 5.56 Å². The van der Waals surface area contributed by atoms with Crippen LogP contribution in [0.15, 0.2) is 40.8 Å². The zero-order valence-electron chi connectivity index (χ0n) is 14.0. The minimum atomic E-state index is -0.383. The van der Waals surface area contributed by atoms with Crippen LogP contribution in [-0.4, -0.2) is 41.9 Å². The van der Waals surface area contributed by atoms with Gasteiger partial charge in [0.2, 0.25) is 0 Å². The van der Waals surface area contributed by atoms with Gasteiger partial charge in [0.1, 0.15) is 5.76 Å². The lowest BCUT2D eigenvalue weighted by molar-refractivity contribution is 0.0914. The van der Waals surface area contributed by atoms with Crippen LogP contribution in [0.5, 0.6) is 0 Å². The van der Waals surface area contributed by atoms with Crippen LogP contribution in [0.1, 0.15) is 27.4 Å². The van der Waals surface area contributed by atoms with Gasteiger partial charge in [-0.25, -0.2) is 5.84 Å². The first-order valence-electron chi connectivity index (χ1n) is 8.24. The first-order chi connectivity index (χ1) is 11.7. The molecule has 0 bridgehead atoms. The summed E-state index contributed by atoms with van der Waals surface area (Å²) in [5.74, 6) is 5.90. The third kappa shape index (κ3) is 4.03. The molecule has 128 valence electrons. The number of carbonyl (C=O) groups excluding carboxylic acids is 1. The van der Waals surface area contributed by atoms with Crippen molar-refractivity contribution in [2.45, 2.75) is 20.0 Å². The summed E-state index contributed by atoms with van der Waals surface area (Å²) in [7, 11) is 0. The number of hydrogen-bond acceptors (Lipinski definition) is 5. The Morgan fingerprint density at radius 2 is 1.75 bits per heavy atom. The van der Waals surface area contributed by atoms with E-state index in [1.807, 2.05) is 19.1 Å². The number of carbonyl (C=O) groups is 1. The van der Waals surface area contributed by atoms with Gasteiger partial charge in [-0.2, -0.15) is 0 Å². The number of hydrogen-bond donors (Lipinski definition) is 2. The van der Waals surface area contributed by atoms with Gasteiger partial charge in [-0.1, -0.05) is 30.3 Å². The molecule has 3 N–H and O–H groups in total. The number of rotatable bonds is 5. The minimum Gasteiger partial charge on any atom is -0.454 e. The van der Waals surface area contributed by atoms with E-state index in [0.717, 1.165) is 50.6 Å². The van der Waals surface area contributed by atoms with Crippen LogP contribution >= 0.6 is 0 Å². The van der Waals surface area contributed by atoms with Crippen LogP contribution in [0.2, 0.25) is 0 Å². The number of nitrogens with two attached hydrogens (primary N) is 1. The molecule has 1 fully saturated rings. The third-order valence-electron chi connectivity index (χ3n) is 4.40. The summed E-state index contributed by atoms with van der Waals surface area (Å²) in [6.07, 6.45) is 0. The smallest absolute Gasteiger partial charge is 0.301 e. The molecule has 0 saturated carbocycles. The van der Waals surface area contributed by atoms with Crippen LogP contribution < -0.4 is 11.3 Å². The van der Waals surface area contributed by atoms with Crippen LogP contribution in [0.3, 0.4) is 0 Å². The van der Waals surface area contributed by atoms with E-state index in [9.17, 15) is 4.79 Å². The van der Waals surface area contributed by atoms with Gasteiger partial charge >= 0.3 is 5.91 Å². The number of nitrogens with zero attached hydrogens (tertiary/aromatic N) is 2. The van der Waals surface area contributed by atoms with Crippen molar-refractivity contribution in [2.75, 3.05) is 26.2 Å². The van der Waals surface area contributed by atoms with Crippen LogP contribution in [0.25, 0.3) is 0 Å². The maximum Gasteiger partial charge on any atom is 0.301 e. The van der Waals surface area contributed by atoms with Crippen molar-refractivity contribution in [3.05, 3.63) is 59.0 Å². The second-order valence-corrected chi connectivity index (χ2v) is 6.24.